The molecule has 1 amide bonds. The van der Waals surface area contributed by atoms with Gasteiger partial charge in [-0.3, -0.25) is 0 Å². The van der Waals surface area contributed by atoms with E-state index in [9.17, 15) is 4.79 Å². The van der Waals surface area contributed by atoms with Crippen molar-refractivity contribution >= 4 is 23.5 Å². The van der Waals surface area contributed by atoms with E-state index in [1.165, 1.54) is 4.90 Å². The number of nitrogens with one attached hydrogen (secondary N) is 2. The van der Waals surface area contributed by atoms with E-state index >= 15 is 0 Å². The lowest BCUT2D eigenvalue weighted by Gasteiger charge is -2.25. The third kappa shape index (κ3) is 7.64. The molecule has 1 atom stereocenters. The van der Waals surface area contributed by atoms with E-state index in [4.69, 9.17) is 4.74 Å². The molecular weight excluding hydrogens is 308 g/mol. The van der Waals surface area contributed by atoms with Gasteiger partial charge >= 0.3 is 6.09 Å². The number of carbonyl (C=O) groups excluding carboxylic acids is 1. The van der Waals surface area contributed by atoms with Crippen molar-refractivity contribution in [3.63, 3.8) is 0 Å². The molecule has 0 aromatic heterocycles. The van der Waals surface area contributed by atoms with Crippen LogP contribution in [0.5, 0.6) is 0 Å². The highest BCUT2D eigenvalue weighted by Crippen LogP contribution is 2.25. The Labute approximate surface area is 144 Å². The molecule has 0 saturated heterocycles. The summed E-state index contributed by atoms with van der Waals surface area (Å²) in [4.78, 5) is 13.0. The van der Waals surface area contributed by atoms with Crippen molar-refractivity contribution in [2.75, 3.05) is 24.7 Å². The summed E-state index contributed by atoms with van der Waals surface area (Å²) >= 11 is 1.73. The molecule has 0 aliphatic heterocycles. The number of alkyl carbamates (subject to hydrolysis) is 1. The average molecular weight is 339 g/mol. The average Bonchev–Trinajstić information content (AvgIpc) is 2.45. The predicted octanol–water partition coefficient (Wildman–Crippen LogP) is 4.62. The molecule has 0 heterocycles. The second-order valence-electron chi connectivity index (χ2n) is 6.97. The molecule has 130 valence electrons. The van der Waals surface area contributed by atoms with E-state index in [0.29, 0.717) is 18.4 Å². The van der Waals surface area contributed by atoms with Gasteiger partial charge in [-0.05, 0) is 51.0 Å². The topological polar surface area (TPSA) is 50.4 Å². The van der Waals surface area contributed by atoms with Gasteiger partial charge in [-0.1, -0.05) is 26.0 Å². The second kappa shape index (κ2) is 9.06. The summed E-state index contributed by atoms with van der Waals surface area (Å²) in [5.41, 5.74) is 0.676. The van der Waals surface area contributed by atoms with E-state index in [1.54, 1.807) is 11.8 Å². The van der Waals surface area contributed by atoms with Crippen LogP contribution in [-0.2, 0) is 4.74 Å². The molecule has 23 heavy (non-hydrogen) atoms. The smallest absolute Gasteiger partial charge is 0.407 e. The van der Waals surface area contributed by atoms with Gasteiger partial charge in [0.15, 0.2) is 0 Å². The van der Waals surface area contributed by atoms with Crippen molar-refractivity contribution in [1.29, 1.82) is 0 Å². The highest BCUT2D eigenvalue weighted by atomic mass is 32.2. The van der Waals surface area contributed by atoms with Gasteiger partial charge in [-0.25, -0.2) is 4.79 Å². The maximum atomic E-state index is 11.8. The van der Waals surface area contributed by atoms with Crippen molar-refractivity contribution in [2.45, 2.75) is 45.1 Å². The lowest BCUT2D eigenvalue weighted by atomic mass is 9.95. The number of ether oxygens (including phenoxy) is 1. The molecule has 0 saturated carbocycles. The van der Waals surface area contributed by atoms with Crippen LogP contribution in [0.25, 0.3) is 0 Å². The minimum absolute atomic E-state index is 0.331. The normalized spacial score (nSPS) is 12.8. The largest absolute Gasteiger partial charge is 0.444 e. The lowest BCUT2D eigenvalue weighted by Crippen LogP contribution is -2.38. The standard InChI is InChI=1S/C18H30N2O2S/c1-13(2)14(12-20-17(21)22-18(3,4)5)11-19-15-9-7-8-10-16(15)23-6/h7-10,13-14,19H,11-12H2,1-6H3,(H,20,21). The highest BCUT2D eigenvalue weighted by Gasteiger charge is 2.19. The van der Waals surface area contributed by atoms with Crippen molar-refractivity contribution in [3.05, 3.63) is 24.3 Å². The Morgan fingerprint density at radius 3 is 2.43 bits per heavy atom. The number of carbonyl (C=O) groups is 1. The molecular formula is C18H30N2O2S. The fraction of sp³-hybridized carbons (Fsp3) is 0.611. The third-order valence-corrected chi connectivity index (χ3v) is 4.31. The number of rotatable bonds is 7. The molecule has 5 heteroatoms. The zero-order valence-electron chi connectivity index (χ0n) is 15.1. The van der Waals surface area contributed by atoms with E-state index in [2.05, 4.69) is 42.9 Å². The van der Waals surface area contributed by atoms with Gasteiger partial charge in [0.25, 0.3) is 0 Å². The zero-order valence-corrected chi connectivity index (χ0v) is 15.9. The van der Waals surface area contributed by atoms with Crippen LogP contribution in [0.1, 0.15) is 34.6 Å². The molecule has 0 bridgehead atoms. The Hall–Kier alpha value is -1.36. The maximum Gasteiger partial charge on any atom is 0.407 e. The van der Waals surface area contributed by atoms with Crippen LogP contribution in [-0.4, -0.2) is 31.0 Å². The molecule has 0 spiro atoms. The van der Waals surface area contributed by atoms with Crippen LogP contribution in [0.15, 0.2) is 29.2 Å². The lowest BCUT2D eigenvalue weighted by molar-refractivity contribution is 0.0516. The van der Waals surface area contributed by atoms with Crippen LogP contribution in [0.3, 0.4) is 0 Å². The minimum atomic E-state index is -0.465. The summed E-state index contributed by atoms with van der Waals surface area (Å²) in [5, 5.41) is 6.38. The number of hydrogen-bond acceptors (Lipinski definition) is 4. The Kier molecular flexibility index (Phi) is 7.76. The predicted molar refractivity (Wildman–Crippen MR) is 99.3 cm³/mol. The SMILES string of the molecule is CSc1ccccc1NCC(CNC(=O)OC(C)(C)C)C(C)C. The molecule has 0 radical (unpaired) electrons. The van der Waals surface area contributed by atoms with Crippen molar-refractivity contribution in [2.24, 2.45) is 11.8 Å². The fourth-order valence-electron chi connectivity index (χ4n) is 2.10. The summed E-state index contributed by atoms with van der Waals surface area (Å²) in [6.45, 7) is 11.4. The van der Waals surface area contributed by atoms with Gasteiger partial charge in [0.1, 0.15) is 5.60 Å². The molecule has 1 unspecified atom stereocenters. The first-order chi connectivity index (χ1) is 10.7. The first kappa shape index (κ1) is 19.7. The zero-order chi connectivity index (χ0) is 17.5. The summed E-state index contributed by atoms with van der Waals surface area (Å²) in [7, 11) is 0. The van der Waals surface area contributed by atoms with Crippen molar-refractivity contribution in [1.82, 2.24) is 5.32 Å². The van der Waals surface area contributed by atoms with Crippen LogP contribution >= 0.6 is 11.8 Å². The van der Waals surface area contributed by atoms with Crippen LogP contribution in [0.2, 0.25) is 0 Å². The first-order valence-electron chi connectivity index (χ1n) is 8.06. The summed E-state index contributed by atoms with van der Waals surface area (Å²) < 4.78 is 5.29. The summed E-state index contributed by atoms with van der Waals surface area (Å²) in [5.74, 6) is 0.788. The van der Waals surface area contributed by atoms with E-state index in [-0.39, 0.29) is 6.09 Å². The monoisotopic (exact) mass is 338 g/mol. The Bertz CT molecular complexity index is 498. The molecule has 1 aromatic rings. The second-order valence-corrected chi connectivity index (χ2v) is 7.82. The molecule has 1 rings (SSSR count). The Balaban J connectivity index is 2.54. The van der Waals surface area contributed by atoms with Gasteiger partial charge in [-0.15, -0.1) is 11.8 Å². The number of thioether (sulfide) groups is 1. The molecule has 1 aromatic carbocycles. The first-order valence-corrected chi connectivity index (χ1v) is 9.29. The van der Waals surface area contributed by atoms with Gasteiger partial charge in [-0.2, -0.15) is 0 Å². The van der Waals surface area contributed by atoms with Crippen LogP contribution < -0.4 is 10.6 Å². The minimum Gasteiger partial charge on any atom is -0.444 e. The summed E-state index contributed by atoms with van der Waals surface area (Å²) in [6.07, 6.45) is 1.72. The molecule has 4 nitrogen and oxygen atoms in total. The van der Waals surface area contributed by atoms with Gasteiger partial charge in [0.2, 0.25) is 0 Å². The quantitative estimate of drug-likeness (QED) is 0.712. The number of para-hydroxylation sites is 1. The number of amides is 1. The Morgan fingerprint density at radius 1 is 1.22 bits per heavy atom. The fourth-order valence-corrected chi connectivity index (χ4v) is 2.68. The molecule has 0 fully saturated rings. The number of benzene rings is 1. The van der Waals surface area contributed by atoms with Crippen LogP contribution in [0.4, 0.5) is 10.5 Å². The van der Waals surface area contributed by atoms with Gasteiger partial charge in [0, 0.05) is 23.7 Å². The Morgan fingerprint density at radius 2 is 1.87 bits per heavy atom. The van der Waals surface area contributed by atoms with Gasteiger partial charge < -0.3 is 15.4 Å². The van der Waals surface area contributed by atoms with Crippen molar-refractivity contribution < 1.29 is 9.53 Å². The van der Waals surface area contributed by atoms with E-state index in [0.717, 1.165) is 12.2 Å². The molecule has 2 N–H and O–H groups in total. The van der Waals surface area contributed by atoms with Crippen LogP contribution in [0, 0.1) is 11.8 Å². The third-order valence-electron chi connectivity index (χ3n) is 3.51. The van der Waals surface area contributed by atoms with Crippen molar-refractivity contribution in [3.8, 4) is 0 Å². The van der Waals surface area contributed by atoms with Gasteiger partial charge in [0.05, 0.1) is 0 Å². The van der Waals surface area contributed by atoms with E-state index in [1.807, 2.05) is 32.9 Å². The maximum absolute atomic E-state index is 11.8. The number of anilines is 1. The highest BCUT2D eigenvalue weighted by molar-refractivity contribution is 7.98. The molecule has 0 aliphatic carbocycles. The summed E-state index contributed by atoms with van der Waals surface area (Å²) in [6, 6.07) is 8.27. The molecule has 0 aliphatic rings. The van der Waals surface area contributed by atoms with E-state index < -0.39 is 5.60 Å². The number of hydrogen-bond donors (Lipinski definition) is 2.